The maximum absolute atomic E-state index is 12.5. The van der Waals surface area contributed by atoms with Crippen molar-refractivity contribution in [2.75, 3.05) is 11.9 Å². The Morgan fingerprint density at radius 1 is 1.33 bits per heavy atom. The van der Waals surface area contributed by atoms with E-state index < -0.39 is 0 Å². The monoisotopic (exact) mass is 283 g/mol. The Bertz CT molecular complexity index is 552. The summed E-state index contributed by atoms with van der Waals surface area (Å²) >= 11 is 0. The Labute approximate surface area is 125 Å². The molecule has 2 saturated carbocycles. The number of nitrogens with one attached hydrogen (secondary N) is 1. The molecule has 0 bridgehead atoms. The summed E-state index contributed by atoms with van der Waals surface area (Å²) in [5.41, 5.74) is 1.52. The summed E-state index contributed by atoms with van der Waals surface area (Å²) in [6.07, 6.45) is 4.83. The maximum atomic E-state index is 12.5. The van der Waals surface area contributed by atoms with Crippen LogP contribution in [0.2, 0.25) is 0 Å². The van der Waals surface area contributed by atoms with Crippen molar-refractivity contribution >= 4 is 11.6 Å². The summed E-state index contributed by atoms with van der Waals surface area (Å²) in [4.78, 5) is 14.6. The molecule has 1 amide bonds. The molecule has 0 radical (unpaired) electrons. The minimum absolute atomic E-state index is 0.196. The maximum Gasteiger partial charge on any atom is 0.242 e. The highest BCUT2D eigenvalue weighted by molar-refractivity contribution is 5.81. The summed E-state index contributed by atoms with van der Waals surface area (Å²) < 4.78 is 0. The number of hydrogen-bond donors (Lipinski definition) is 1. The summed E-state index contributed by atoms with van der Waals surface area (Å²) in [6, 6.07) is 10.2. The molecule has 4 nitrogen and oxygen atoms in total. The predicted molar refractivity (Wildman–Crippen MR) is 81.7 cm³/mol. The van der Waals surface area contributed by atoms with E-state index in [0.29, 0.717) is 30.1 Å². The number of nitrogens with zero attached hydrogens (tertiary/aromatic N) is 2. The van der Waals surface area contributed by atoms with Crippen molar-refractivity contribution in [2.24, 2.45) is 5.92 Å². The molecule has 1 aromatic rings. The number of nitriles is 1. The van der Waals surface area contributed by atoms with Gasteiger partial charge in [0, 0.05) is 17.8 Å². The van der Waals surface area contributed by atoms with Gasteiger partial charge in [-0.05, 0) is 62.8 Å². The third-order valence-electron chi connectivity index (χ3n) is 4.43. The SMILES string of the molecule is C[C@@H](C1CC1)N(C(=O)CNc1ccc(C#N)cc1)C1CC1. The molecule has 1 atom stereocenters. The van der Waals surface area contributed by atoms with Gasteiger partial charge >= 0.3 is 0 Å². The van der Waals surface area contributed by atoms with Crippen molar-refractivity contribution < 1.29 is 4.79 Å². The normalized spacial score (nSPS) is 18.7. The molecule has 4 heteroatoms. The molecular weight excluding hydrogens is 262 g/mol. The molecule has 2 aliphatic carbocycles. The smallest absolute Gasteiger partial charge is 0.242 e. The quantitative estimate of drug-likeness (QED) is 0.873. The first kappa shape index (κ1) is 13.9. The fourth-order valence-electron chi connectivity index (χ4n) is 2.85. The van der Waals surface area contributed by atoms with E-state index in [2.05, 4.69) is 23.2 Å². The van der Waals surface area contributed by atoms with Crippen LogP contribution in [-0.4, -0.2) is 29.4 Å². The Balaban J connectivity index is 1.57. The Morgan fingerprint density at radius 3 is 2.52 bits per heavy atom. The number of carbonyl (C=O) groups is 1. The van der Waals surface area contributed by atoms with E-state index in [1.807, 2.05) is 12.1 Å². The Kier molecular flexibility index (Phi) is 3.83. The van der Waals surface area contributed by atoms with E-state index in [4.69, 9.17) is 5.26 Å². The third-order valence-corrected chi connectivity index (χ3v) is 4.43. The zero-order valence-corrected chi connectivity index (χ0v) is 12.4. The van der Waals surface area contributed by atoms with Crippen LogP contribution < -0.4 is 5.32 Å². The van der Waals surface area contributed by atoms with Gasteiger partial charge in [0.15, 0.2) is 0 Å². The van der Waals surface area contributed by atoms with Gasteiger partial charge in [-0.2, -0.15) is 5.26 Å². The van der Waals surface area contributed by atoms with Gasteiger partial charge in [0.25, 0.3) is 0 Å². The largest absolute Gasteiger partial charge is 0.376 e. The third kappa shape index (κ3) is 3.36. The molecule has 3 rings (SSSR count). The molecule has 2 fully saturated rings. The Morgan fingerprint density at radius 2 is 2.00 bits per heavy atom. The molecule has 1 N–H and O–H groups in total. The van der Waals surface area contributed by atoms with Gasteiger partial charge in [-0.25, -0.2) is 0 Å². The van der Waals surface area contributed by atoms with E-state index in [9.17, 15) is 4.79 Å². The molecule has 0 aromatic heterocycles. The fraction of sp³-hybridized carbons (Fsp3) is 0.529. The van der Waals surface area contributed by atoms with E-state index >= 15 is 0 Å². The minimum atomic E-state index is 0.196. The molecule has 21 heavy (non-hydrogen) atoms. The molecule has 110 valence electrons. The molecule has 1 aromatic carbocycles. The molecule has 0 aliphatic heterocycles. The highest BCUT2D eigenvalue weighted by Gasteiger charge is 2.41. The molecule has 2 aliphatic rings. The standard InChI is InChI=1S/C17H21N3O/c1-12(14-4-5-14)20(16-8-9-16)17(21)11-19-15-6-2-13(10-18)3-7-15/h2-3,6-7,12,14,16,19H,4-5,8-9,11H2,1H3/t12-/m0/s1. The Hall–Kier alpha value is -2.02. The second kappa shape index (κ2) is 5.77. The second-order valence-electron chi connectivity index (χ2n) is 6.15. The lowest BCUT2D eigenvalue weighted by Crippen LogP contribution is -2.44. The van der Waals surface area contributed by atoms with Crippen LogP contribution in [0.15, 0.2) is 24.3 Å². The lowest BCUT2D eigenvalue weighted by Gasteiger charge is -2.29. The van der Waals surface area contributed by atoms with Crippen LogP contribution in [0.25, 0.3) is 0 Å². The second-order valence-corrected chi connectivity index (χ2v) is 6.15. The predicted octanol–water partition coefficient (Wildman–Crippen LogP) is 2.76. The van der Waals surface area contributed by atoms with Crippen LogP contribution in [-0.2, 0) is 4.79 Å². The number of anilines is 1. The van der Waals surface area contributed by atoms with Crippen molar-refractivity contribution in [3.8, 4) is 6.07 Å². The van der Waals surface area contributed by atoms with Crippen LogP contribution in [0.1, 0.15) is 38.2 Å². The van der Waals surface area contributed by atoms with Gasteiger partial charge in [-0.3, -0.25) is 4.79 Å². The van der Waals surface area contributed by atoms with E-state index in [1.54, 1.807) is 12.1 Å². The summed E-state index contributed by atoms with van der Waals surface area (Å²) in [6.45, 7) is 2.52. The zero-order valence-electron chi connectivity index (χ0n) is 12.4. The van der Waals surface area contributed by atoms with E-state index in [-0.39, 0.29) is 5.91 Å². The summed E-state index contributed by atoms with van der Waals surface area (Å²) in [7, 11) is 0. The molecule has 0 saturated heterocycles. The van der Waals surface area contributed by atoms with Gasteiger partial charge in [0.05, 0.1) is 18.2 Å². The van der Waals surface area contributed by atoms with Gasteiger partial charge in [-0.1, -0.05) is 0 Å². The van der Waals surface area contributed by atoms with Crippen molar-refractivity contribution in [3.63, 3.8) is 0 Å². The van der Waals surface area contributed by atoms with Crippen LogP contribution in [0, 0.1) is 17.2 Å². The first-order valence-electron chi connectivity index (χ1n) is 7.74. The minimum Gasteiger partial charge on any atom is -0.376 e. The number of rotatable bonds is 6. The molecule has 0 unspecified atom stereocenters. The average molecular weight is 283 g/mol. The van der Waals surface area contributed by atoms with Crippen molar-refractivity contribution in [1.29, 1.82) is 5.26 Å². The highest BCUT2D eigenvalue weighted by Crippen LogP contribution is 2.39. The van der Waals surface area contributed by atoms with E-state index in [0.717, 1.165) is 18.5 Å². The first-order chi connectivity index (χ1) is 10.2. The lowest BCUT2D eigenvalue weighted by molar-refractivity contribution is -0.132. The number of benzene rings is 1. The lowest BCUT2D eigenvalue weighted by atomic mass is 10.1. The van der Waals surface area contributed by atoms with Gasteiger partial charge in [0.1, 0.15) is 0 Å². The summed E-state index contributed by atoms with van der Waals surface area (Å²) in [5.74, 6) is 0.908. The molecule has 0 heterocycles. The number of hydrogen-bond acceptors (Lipinski definition) is 3. The van der Waals surface area contributed by atoms with Crippen LogP contribution >= 0.6 is 0 Å². The number of amides is 1. The number of carbonyl (C=O) groups excluding carboxylic acids is 1. The molecular formula is C17H21N3O. The van der Waals surface area contributed by atoms with Crippen molar-refractivity contribution in [3.05, 3.63) is 29.8 Å². The van der Waals surface area contributed by atoms with Gasteiger partial charge < -0.3 is 10.2 Å². The fourth-order valence-corrected chi connectivity index (χ4v) is 2.85. The summed E-state index contributed by atoms with van der Waals surface area (Å²) in [5, 5.41) is 11.9. The zero-order chi connectivity index (χ0) is 14.8. The average Bonchev–Trinajstić information content (AvgIpc) is 3.38. The highest BCUT2D eigenvalue weighted by atomic mass is 16.2. The van der Waals surface area contributed by atoms with Crippen molar-refractivity contribution in [1.82, 2.24) is 4.90 Å². The van der Waals surface area contributed by atoms with E-state index in [1.165, 1.54) is 12.8 Å². The van der Waals surface area contributed by atoms with Crippen molar-refractivity contribution in [2.45, 2.75) is 44.7 Å². The first-order valence-corrected chi connectivity index (χ1v) is 7.74. The topological polar surface area (TPSA) is 56.1 Å². The van der Waals surface area contributed by atoms with Gasteiger partial charge in [-0.15, -0.1) is 0 Å². The van der Waals surface area contributed by atoms with Crippen LogP contribution in [0.3, 0.4) is 0 Å². The van der Waals surface area contributed by atoms with Crippen LogP contribution in [0.4, 0.5) is 5.69 Å². The van der Waals surface area contributed by atoms with Gasteiger partial charge in [0.2, 0.25) is 5.91 Å². The molecule has 0 spiro atoms. The van der Waals surface area contributed by atoms with Crippen LogP contribution in [0.5, 0.6) is 0 Å².